The molecule has 2 N–H and O–H groups in total. The molecule has 34 heavy (non-hydrogen) atoms. The number of ether oxygens (including phenoxy) is 1. The average Bonchev–Trinajstić information content (AvgIpc) is 3.60. The number of imide groups is 1. The maximum absolute atomic E-state index is 14.3. The van der Waals surface area contributed by atoms with E-state index in [9.17, 15) is 14.7 Å². The van der Waals surface area contributed by atoms with Crippen LogP contribution in [0.1, 0.15) is 68.9 Å². The molecule has 2 saturated heterocycles. The van der Waals surface area contributed by atoms with E-state index in [1.807, 2.05) is 11.0 Å². The van der Waals surface area contributed by atoms with E-state index in [-0.39, 0.29) is 24.0 Å². The van der Waals surface area contributed by atoms with Crippen LogP contribution in [0.3, 0.4) is 0 Å². The summed E-state index contributed by atoms with van der Waals surface area (Å²) in [6.45, 7) is 1.48. The number of methoxy groups -OCH3 is 1. The van der Waals surface area contributed by atoms with Crippen LogP contribution >= 0.6 is 0 Å². The number of fused-ring (bicyclic) bond motifs is 1. The number of aliphatic hydroxyl groups is 1. The van der Waals surface area contributed by atoms with Crippen molar-refractivity contribution in [2.45, 2.75) is 92.8 Å². The Hall–Kier alpha value is -2.12. The van der Waals surface area contributed by atoms with E-state index in [0.29, 0.717) is 31.7 Å². The van der Waals surface area contributed by atoms with Crippen LogP contribution in [0, 0.1) is 5.92 Å². The molecule has 1 unspecified atom stereocenters. The lowest BCUT2D eigenvalue weighted by Crippen LogP contribution is -2.76. The van der Waals surface area contributed by atoms with Gasteiger partial charge in [0, 0.05) is 24.0 Å². The fourth-order valence-corrected chi connectivity index (χ4v) is 7.98. The van der Waals surface area contributed by atoms with Crippen molar-refractivity contribution in [2.75, 3.05) is 20.2 Å². The number of carbonyl (C=O) groups is 2. The van der Waals surface area contributed by atoms with Crippen LogP contribution in [0.15, 0.2) is 18.2 Å². The maximum Gasteiger partial charge on any atom is 0.327 e. The van der Waals surface area contributed by atoms with E-state index in [4.69, 9.17) is 4.74 Å². The van der Waals surface area contributed by atoms with Gasteiger partial charge in [0.05, 0.1) is 12.7 Å². The Morgan fingerprint density at radius 1 is 1.15 bits per heavy atom. The molecule has 3 saturated carbocycles. The number of nitrogens with one attached hydrogen (secondary N) is 1. The smallest absolute Gasteiger partial charge is 0.327 e. The van der Waals surface area contributed by atoms with Gasteiger partial charge in [-0.3, -0.25) is 9.69 Å². The highest BCUT2D eigenvalue weighted by Crippen LogP contribution is 2.61. The molecule has 3 amide bonds. The summed E-state index contributed by atoms with van der Waals surface area (Å²) in [5.74, 6) is 1.30. The number of nitrogens with zero attached hydrogens (tertiary/aromatic N) is 2. The quantitative estimate of drug-likeness (QED) is 0.669. The lowest BCUT2D eigenvalue weighted by molar-refractivity contribution is -0.164. The first-order valence-electron chi connectivity index (χ1n) is 13.2. The Morgan fingerprint density at radius 3 is 2.68 bits per heavy atom. The second-order valence-corrected chi connectivity index (χ2v) is 11.8. The molecule has 2 aliphatic heterocycles. The number of rotatable bonds is 4. The van der Waals surface area contributed by atoms with Crippen molar-refractivity contribution in [2.24, 2.45) is 5.92 Å². The molecule has 7 heteroatoms. The molecule has 2 heterocycles. The molecular formula is C27H35N3O4. The zero-order valence-electron chi connectivity index (χ0n) is 20.0. The molecule has 7 rings (SSSR count). The van der Waals surface area contributed by atoms with Crippen LogP contribution in [-0.2, 0) is 16.6 Å². The first-order valence-corrected chi connectivity index (χ1v) is 13.2. The monoisotopic (exact) mass is 465 g/mol. The fraction of sp³-hybridized carbons (Fsp3) is 0.704. The molecule has 4 atom stereocenters. The van der Waals surface area contributed by atoms with Crippen molar-refractivity contribution < 1.29 is 19.4 Å². The topological polar surface area (TPSA) is 82.1 Å². The molecule has 6 aliphatic rings. The number of piperidine rings is 1. The van der Waals surface area contributed by atoms with Crippen molar-refractivity contribution in [1.82, 2.24) is 15.1 Å². The molecule has 2 bridgehead atoms. The van der Waals surface area contributed by atoms with E-state index in [0.717, 1.165) is 62.8 Å². The SMILES string of the molecule is COc1ccc2c(c1)C13CCN[C@H](C2)[C@]1(O)CC[C@]1(C3)C(=O)N(C2CCC2)C(=O)N1CC1CC1. The largest absolute Gasteiger partial charge is 0.497 e. The molecule has 0 radical (unpaired) electrons. The third-order valence-corrected chi connectivity index (χ3v) is 10.3. The third kappa shape index (κ3) is 2.55. The summed E-state index contributed by atoms with van der Waals surface area (Å²) in [5, 5.41) is 15.9. The Balaban J connectivity index is 1.38. The highest BCUT2D eigenvalue weighted by molar-refractivity contribution is 6.07. The van der Waals surface area contributed by atoms with Crippen LogP contribution in [0.25, 0.3) is 0 Å². The molecule has 182 valence electrons. The second kappa shape index (κ2) is 6.97. The van der Waals surface area contributed by atoms with Gasteiger partial charge in [-0.1, -0.05) is 6.07 Å². The van der Waals surface area contributed by atoms with Crippen molar-refractivity contribution in [3.63, 3.8) is 0 Å². The standard InChI is InChI=1S/C27H35N3O4/c1-34-20-8-7-18-13-22-27(33)10-9-26(16-25(27,11-12-28-22)21(18)14-20)23(31)30(19-3-2-4-19)24(32)29(26)15-17-5-6-17/h7-8,14,17,19,22,28,33H,2-6,9-13,15-16H2,1H3/t22-,25?,26+,27-/m1/s1. The van der Waals surface area contributed by atoms with Crippen LogP contribution in [-0.4, -0.2) is 70.3 Å². The second-order valence-electron chi connectivity index (χ2n) is 11.8. The average molecular weight is 466 g/mol. The van der Waals surface area contributed by atoms with Gasteiger partial charge in [0.15, 0.2) is 0 Å². The Morgan fingerprint density at radius 2 is 1.97 bits per heavy atom. The summed E-state index contributed by atoms with van der Waals surface area (Å²) in [4.78, 5) is 31.6. The lowest BCUT2D eigenvalue weighted by Gasteiger charge is -2.64. The molecule has 0 aromatic heterocycles. The number of carbonyl (C=O) groups excluding carboxylic acids is 2. The van der Waals surface area contributed by atoms with Crippen molar-refractivity contribution in [3.05, 3.63) is 29.3 Å². The molecule has 5 fully saturated rings. The van der Waals surface area contributed by atoms with Crippen LogP contribution in [0.5, 0.6) is 5.75 Å². The number of hydrogen-bond donors (Lipinski definition) is 2. The number of hydrogen-bond acceptors (Lipinski definition) is 5. The maximum atomic E-state index is 14.3. The number of benzene rings is 1. The van der Waals surface area contributed by atoms with E-state index in [2.05, 4.69) is 17.4 Å². The van der Waals surface area contributed by atoms with E-state index in [1.54, 1.807) is 12.0 Å². The minimum atomic E-state index is -0.936. The van der Waals surface area contributed by atoms with Crippen molar-refractivity contribution in [1.29, 1.82) is 0 Å². The molecule has 1 spiro atoms. The Labute approximate surface area is 200 Å². The minimum Gasteiger partial charge on any atom is -0.497 e. The lowest BCUT2D eigenvalue weighted by atomic mass is 9.47. The fourth-order valence-electron chi connectivity index (χ4n) is 7.98. The van der Waals surface area contributed by atoms with E-state index in [1.165, 1.54) is 5.56 Å². The van der Waals surface area contributed by atoms with Gasteiger partial charge in [-0.05, 0) is 99.9 Å². The number of urea groups is 1. The summed E-state index contributed by atoms with van der Waals surface area (Å²) in [6, 6.07) is 6.16. The van der Waals surface area contributed by atoms with Gasteiger partial charge >= 0.3 is 6.03 Å². The summed E-state index contributed by atoms with van der Waals surface area (Å²) in [5.41, 5.74) is -0.00697. The summed E-state index contributed by atoms with van der Waals surface area (Å²) in [7, 11) is 1.68. The predicted octanol–water partition coefficient (Wildman–Crippen LogP) is 2.73. The first kappa shape index (κ1) is 21.2. The molecule has 4 aliphatic carbocycles. The van der Waals surface area contributed by atoms with Crippen LogP contribution in [0.2, 0.25) is 0 Å². The van der Waals surface area contributed by atoms with Crippen LogP contribution < -0.4 is 10.1 Å². The van der Waals surface area contributed by atoms with Gasteiger partial charge < -0.3 is 20.1 Å². The van der Waals surface area contributed by atoms with Gasteiger partial charge in [-0.15, -0.1) is 0 Å². The van der Waals surface area contributed by atoms with Crippen LogP contribution in [0.4, 0.5) is 4.79 Å². The summed E-state index contributed by atoms with van der Waals surface area (Å²) < 4.78 is 5.60. The van der Waals surface area contributed by atoms with Gasteiger partial charge in [0.2, 0.25) is 0 Å². The zero-order valence-corrected chi connectivity index (χ0v) is 20.0. The summed E-state index contributed by atoms with van der Waals surface area (Å²) >= 11 is 0. The molecule has 1 aromatic carbocycles. The Bertz CT molecular complexity index is 1070. The number of amides is 3. The predicted molar refractivity (Wildman–Crippen MR) is 126 cm³/mol. The van der Waals surface area contributed by atoms with Crippen molar-refractivity contribution in [3.8, 4) is 5.75 Å². The summed E-state index contributed by atoms with van der Waals surface area (Å²) in [6.07, 6.45) is 8.32. The normalized spacial score (nSPS) is 39.2. The van der Waals surface area contributed by atoms with Gasteiger partial charge in [0.1, 0.15) is 11.3 Å². The Kier molecular flexibility index (Phi) is 4.34. The minimum absolute atomic E-state index is 0.00405. The van der Waals surface area contributed by atoms with Gasteiger partial charge in [-0.2, -0.15) is 0 Å². The zero-order chi connectivity index (χ0) is 23.3. The molecule has 1 aromatic rings. The first-order chi connectivity index (χ1) is 16.4. The van der Waals surface area contributed by atoms with Gasteiger partial charge in [-0.25, -0.2) is 4.79 Å². The van der Waals surface area contributed by atoms with Gasteiger partial charge in [0.25, 0.3) is 5.91 Å². The highest BCUT2D eigenvalue weighted by atomic mass is 16.5. The van der Waals surface area contributed by atoms with E-state index < -0.39 is 16.6 Å². The third-order valence-electron chi connectivity index (χ3n) is 10.3. The van der Waals surface area contributed by atoms with Crippen molar-refractivity contribution >= 4 is 11.9 Å². The molecular weight excluding hydrogens is 430 g/mol. The highest BCUT2D eigenvalue weighted by Gasteiger charge is 2.71. The molecule has 7 nitrogen and oxygen atoms in total. The van der Waals surface area contributed by atoms with E-state index >= 15 is 0 Å².